The molecule has 0 bridgehead atoms. The predicted molar refractivity (Wildman–Crippen MR) is 317 cm³/mol. The van der Waals surface area contributed by atoms with Crippen LogP contribution < -0.4 is 0 Å². The molecule has 0 aromatic heterocycles. The molecule has 0 aliphatic heterocycles. The van der Waals surface area contributed by atoms with E-state index in [1.807, 2.05) is 24.3 Å². The van der Waals surface area contributed by atoms with Crippen LogP contribution in [-0.2, 0) is 38.1 Å². The van der Waals surface area contributed by atoms with Gasteiger partial charge >= 0.3 is 27.7 Å². The van der Waals surface area contributed by atoms with Gasteiger partial charge in [-0.05, 0) is 51.4 Å². The summed E-state index contributed by atoms with van der Waals surface area (Å²) in [6.45, 7) is -0.620. The quantitative estimate of drug-likeness (QED) is 0.0141. The minimum atomic E-state index is -2.85. The van der Waals surface area contributed by atoms with Crippen molar-refractivity contribution in [2.45, 2.75) is 10.7 Å². The van der Waals surface area contributed by atoms with Crippen molar-refractivity contribution >= 4 is 68.8 Å². The van der Waals surface area contributed by atoms with E-state index < -0.39 is 68.6 Å². The molecule has 0 spiro atoms. The summed E-state index contributed by atoms with van der Waals surface area (Å²) < 4.78 is 22.2. The zero-order valence-electron chi connectivity index (χ0n) is 43.9. The maximum atomic E-state index is 15.3. The number of hydrogen-bond donors (Lipinski definition) is 0. The Morgan fingerprint density at radius 3 is 0.671 bits per heavy atom. The average molecular weight is 1190 g/mol. The third kappa shape index (κ3) is 13.2. The Labute approximate surface area is 488 Å². The standard InChI is InChI=1S/C69H47IN4O8/c1-68(46-79-64(75)56(42-71)60(48-26-10-2-11-27-48)49-28-12-3-13-29-49,47-80-65(76)57(43-72)61(50-30-14-4-15-31-50)51-32-16-5-17-33-51)69(70,81-66(77)58(44-73)62(52-34-18-6-19-35-52)53-36-20-7-21-37-53)82-67(78)59(45-74)63(54-38-22-8-23-39-54)55-40-24-9-25-41-55/h2-41H,46-47H2,1H3. The van der Waals surface area contributed by atoms with Crippen LogP contribution in [0.4, 0.5) is 0 Å². The third-order valence-corrected chi connectivity index (χ3v) is 14.7. The van der Waals surface area contributed by atoms with Gasteiger partial charge in [-0.25, -0.2) is 19.2 Å². The average Bonchev–Trinajstić information content (AvgIpc) is 3.54. The Morgan fingerprint density at radius 2 is 0.500 bits per heavy atom. The molecule has 82 heavy (non-hydrogen) atoms. The fourth-order valence-electron chi connectivity index (χ4n) is 8.89. The smallest absolute Gasteiger partial charge is 0.353 e. The first-order valence-electron chi connectivity index (χ1n) is 25.4. The van der Waals surface area contributed by atoms with Crippen molar-refractivity contribution in [3.8, 4) is 24.3 Å². The van der Waals surface area contributed by atoms with E-state index in [2.05, 4.69) is 0 Å². The Kier molecular flexibility index (Phi) is 19.1. The molecule has 8 aromatic carbocycles. The van der Waals surface area contributed by atoms with Crippen LogP contribution in [0.3, 0.4) is 0 Å². The van der Waals surface area contributed by atoms with E-state index in [0.717, 1.165) is 0 Å². The van der Waals surface area contributed by atoms with E-state index in [1.165, 1.54) is 29.5 Å². The van der Waals surface area contributed by atoms with Crippen molar-refractivity contribution in [3.05, 3.63) is 309 Å². The second-order valence-electron chi connectivity index (χ2n) is 18.4. The van der Waals surface area contributed by atoms with Crippen LogP contribution in [0.15, 0.2) is 265 Å². The molecular weight excluding hydrogens is 1140 g/mol. The van der Waals surface area contributed by atoms with Crippen molar-refractivity contribution in [3.63, 3.8) is 0 Å². The lowest BCUT2D eigenvalue weighted by atomic mass is 9.90. The molecule has 0 atom stereocenters. The number of ether oxygens (including phenoxy) is 4. The number of nitriles is 4. The van der Waals surface area contributed by atoms with Gasteiger partial charge in [0, 0.05) is 44.9 Å². The van der Waals surface area contributed by atoms with Crippen molar-refractivity contribution in [1.29, 1.82) is 21.0 Å². The Balaban J connectivity index is 1.34. The predicted octanol–water partition coefficient (Wildman–Crippen LogP) is 13.4. The third-order valence-electron chi connectivity index (χ3n) is 13.0. The van der Waals surface area contributed by atoms with E-state index in [1.54, 1.807) is 243 Å². The summed E-state index contributed by atoms with van der Waals surface area (Å²) in [5.41, 5.74) is 0.0120. The van der Waals surface area contributed by atoms with E-state index in [-0.39, 0.29) is 22.3 Å². The molecule has 12 nitrogen and oxygen atoms in total. The van der Waals surface area contributed by atoms with Gasteiger partial charge in [0.25, 0.3) is 0 Å². The van der Waals surface area contributed by atoms with Crippen LogP contribution in [0.1, 0.15) is 51.4 Å². The van der Waals surface area contributed by atoms with Crippen molar-refractivity contribution in [1.82, 2.24) is 0 Å². The molecule has 0 N–H and O–H groups in total. The molecule has 0 fully saturated rings. The van der Waals surface area contributed by atoms with Crippen LogP contribution in [0.25, 0.3) is 22.3 Å². The summed E-state index contributed by atoms with van der Waals surface area (Å²) in [4.78, 5) is 60.3. The monoisotopic (exact) mass is 1190 g/mol. The topological polar surface area (TPSA) is 200 Å². The van der Waals surface area contributed by atoms with Crippen molar-refractivity contribution in [2.24, 2.45) is 5.41 Å². The van der Waals surface area contributed by atoms with Crippen molar-refractivity contribution in [2.75, 3.05) is 13.2 Å². The van der Waals surface area contributed by atoms with E-state index in [4.69, 9.17) is 18.9 Å². The number of carbonyl (C=O) groups excluding carboxylic acids is 4. The van der Waals surface area contributed by atoms with E-state index in [0.29, 0.717) is 44.5 Å². The van der Waals surface area contributed by atoms with Crippen molar-refractivity contribution < 1.29 is 38.1 Å². The van der Waals surface area contributed by atoms with Crippen LogP contribution >= 0.6 is 22.6 Å². The minimum absolute atomic E-state index is 0.127. The first-order chi connectivity index (χ1) is 39.9. The molecule has 0 saturated carbocycles. The summed E-state index contributed by atoms with van der Waals surface area (Å²) in [5, 5.41) is 43.8. The van der Waals surface area contributed by atoms with Crippen LogP contribution in [0.2, 0.25) is 0 Å². The number of halogens is 1. The summed E-state index contributed by atoms with van der Waals surface area (Å²) in [7, 11) is 0. The Morgan fingerprint density at radius 1 is 0.329 bits per heavy atom. The second-order valence-corrected chi connectivity index (χ2v) is 19.8. The highest BCUT2D eigenvalue weighted by Gasteiger charge is 2.57. The molecular formula is C69H47IN4O8. The minimum Gasteiger partial charge on any atom is -0.460 e. The molecule has 0 radical (unpaired) electrons. The lowest BCUT2D eigenvalue weighted by Gasteiger charge is -2.41. The highest BCUT2D eigenvalue weighted by atomic mass is 127. The van der Waals surface area contributed by atoms with Gasteiger partial charge in [-0.15, -0.1) is 0 Å². The fourth-order valence-corrected chi connectivity index (χ4v) is 9.60. The van der Waals surface area contributed by atoms with Crippen LogP contribution in [-0.4, -0.2) is 40.9 Å². The van der Waals surface area contributed by atoms with Gasteiger partial charge in [-0.2, -0.15) is 21.0 Å². The van der Waals surface area contributed by atoms with Crippen LogP contribution in [0.5, 0.6) is 0 Å². The molecule has 8 aromatic rings. The maximum absolute atomic E-state index is 15.3. The first kappa shape index (κ1) is 57.5. The molecule has 0 unspecified atom stereocenters. The van der Waals surface area contributed by atoms with Crippen LogP contribution in [0, 0.1) is 50.7 Å². The largest absolute Gasteiger partial charge is 0.460 e. The molecule has 0 amide bonds. The molecule has 0 aliphatic carbocycles. The van der Waals surface area contributed by atoms with E-state index >= 15 is 9.59 Å². The Hall–Kier alpha value is -10.7. The molecule has 398 valence electrons. The van der Waals surface area contributed by atoms with E-state index in [9.17, 15) is 30.6 Å². The summed E-state index contributed by atoms with van der Waals surface area (Å²) >= 11 is 1.51. The fraction of sp³-hybridized carbons (Fsp3) is 0.0725. The first-order valence-corrected chi connectivity index (χ1v) is 26.5. The lowest BCUT2D eigenvalue weighted by molar-refractivity contribution is -0.227. The lowest BCUT2D eigenvalue weighted by Crippen LogP contribution is -2.54. The number of esters is 4. The number of rotatable bonds is 19. The highest BCUT2D eigenvalue weighted by molar-refractivity contribution is 14.1. The zero-order valence-corrected chi connectivity index (χ0v) is 46.1. The van der Waals surface area contributed by atoms with Gasteiger partial charge < -0.3 is 18.9 Å². The molecule has 0 aliphatic rings. The summed E-state index contributed by atoms with van der Waals surface area (Å²) in [6, 6.07) is 76.9. The number of carbonyl (C=O) groups is 4. The molecule has 13 heteroatoms. The SMILES string of the molecule is CC(COC(=O)C(C#N)=C(c1ccccc1)c1ccccc1)(COC(=O)C(C#N)=C(c1ccccc1)c1ccccc1)C(I)(OC(=O)C(C#N)=C(c1ccccc1)c1ccccc1)OC(=O)C(C#N)=C(c1ccccc1)c1ccccc1. The number of benzene rings is 8. The molecule has 8 rings (SSSR count). The second kappa shape index (κ2) is 27.2. The van der Waals surface area contributed by atoms with Gasteiger partial charge in [0.2, 0.25) is 0 Å². The normalized spacial score (nSPS) is 10.6. The molecule has 0 saturated heterocycles. The van der Waals surface area contributed by atoms with Gasteiger partial charge in [0.15, 0.2) is 0 Å². The zero-order chi connectivity index (χ0) is 57.9. The number of nitrogens with zero attached hydrogens (tertiary/aromatic N) is 4. The number of alkyl halides is 1. The Bertz CT molecular complexity index is 3500. The summed E-state index contributed by atoms with van der Waals surface area (Å²) in [5.74, 6) is -5.08. The van der Waals surface area contributed by atoms with Gasteiger partial charge in [-0.3, -0.25) is 0 Å². The maximum Gasteiger partial charge on any atom is 0.353 e. The number of hydrogen-bond acceptors (Lipinski definition) is 12. The highest BCUT2D eigenvalue weighted by Crippen LogP contribution is 2.46. The van der Waals surface area contributed by atoms with Gasteiger partial charge in [0.1, 0.15) is 65.2 Å². The van der Waals surface area contributed by atoms with Gasteiger partial charge in [-0.1, -0.05) is 243 Å². The van der Waals surface area contributed by atoms with Gasteiger partial charge in [0.05, 0.1) is 0 Å². The molecule has 0 heterocycles. The summed E-state index contributed by atoms with van der Waals surface area (Å²) in [6.07, 6.45) is 0.